The van der Waals surface area contributed by atoms with Crippen LogP contribution in [0.25, 0.3) is 0 Å². The van der Waals surface area contributed by atoms with Crippen LogP contribution in [0.1, 0.15) is 17.3 Å². The normalized spacial score (nSPS) is 17.9. The Morgan fingerprint density at radius 3 is 2.37 bits per heavy atom. The molecule has 0 fully saturated rings. The van der Waals surface area contributed by atoms with E-state index in [1.807, 2.05) is 0 Å². The number of amides is 1. The summed E-state index contributed by atoms with van der Waals surface area (Å²) in [6.07, 6.45) is 0. The highest BCUT2D eigenvalue weighted by molar-refractivity contribution is 8.01. The molecule has 8 nitrogen and oxygen atoms in total. The molecule has 1 aliphatic heterocycles. The smallest absolute Gasteiger partial charge is 0.325 e. The summed E-state index contributed by atoms with van der Waals surface area (Å²) in [7, 11) is -1.05. The zero-order chi connectivity index (χ0) is 21.9. The molecule has 0 radical (unpaired) electrons. The molecular weight excluding hydrogens is 425 g/mol. The van der Waals surface area contributed by atoms with Crippen molar-refractivity contribution in [2.75, 3.05) is 37.3 Å². The molecule has 10 heteroatoms. The number of hydrogen-bond donors (Lipinski definition) is 1. The topological polar surface area (TPSA) is 88.2 Å². The maximum Gasteiger partial charge on any atom is 0.325 e. The lowest BCUT2D eigenvalue weighted by Crippen LogP contribution is -2.46. The zero-order valence-electron chi connectivity index (χ0n) is 16.8. The molecule has 1 aliphatic rings. The van der Waals surface area contributed by atoms with Crippen molar-refractivity contribution in [3.63, 3.8) is 0 Å². The van der Waals surface area contributed by atoms with Crippen molar-refractivity contribution >= 4 is 47.6 Å². The molecule has 0 saturated carbocycles. The van der Waals surface area contributed by atoms with Crippen molar-refractivity contribution in [2.24, 2.45) is 0 Å². The number of nitrogens with one attached hydrogen (secondary N) is 1. The van der Waals surface area contributed by atoms with E-state index in [0.29, 0.717) is 22.7 Å². The van der Waals surface area contributed by atoms with Crippen LogP contribution in [-0.2, 0) is 14.1 Å². The molecule has 1 amide bonds. The Bertz CT molecular complexity index is 1030. The van der Waals surface area contributed by atoms with E-state index in [0.717, 1.165) is 0 Å². The monoisotopic (exact) mass is 447 g/mol. The van der Waals surface area contributed by atoms with E-state index in [-0.39, 0.29) is 17.8 Å². The molecule has 3 rings (SSSR count). The van der Waals surface area contributed by atoms with E-state index < -0.39 is 19.3 Å². The molecule has 0 spiro atoms. The molecule has 2 aromatic rings. The van der Waals surface area contributed by atoms with E-state index in [4.69, 9.17) is 21.7 Å². The largest absolute Gasteiger partial charge is 0.497 e. The predicted octanol–water partition coefficient (Wildman–Crippen LogP) is 3.74. The van der Waals surface area contributed by atoms with Crippen LogP contribution in [0.4, 0.5) is 11.4 Å². The van der Waals surface area contributed by atoms with Crippen molar-refractivity contribution in [1.82, 2.24) is 4.67 Å². The van der Waals surface area contributed by atoms with Gasteiger partial charge >= 0.3 is 13.4 Å². The summed E-state index contributed by atoms with van der Waals surface area (Å²) in [5.41, 5.74) is 1.30. The van der Waals surface area contributed by atoms with Gasteiger partial charge in [0.2, 0.25) is 0 Å². The van der Waals surface area contributed by atoms with Crippen LogP contribution < -0.4 is 14.7 Å². The molecule has 158 valence electrons. The number of fused-ring (bicyclic) bond motifs is 1. The first-order valence-electron chi connectivity index (χ1n) is 9.18. The highest BCUT2D eigenvalue weighted by atomic mass is 32.1. The first-order chi connectivity index (χ1) is 14.4. The van der Waals surface area contributed by atoms with Crippen molar-refractivity contribution in [1.29, 1.82) is 0 Å². The predicted molar refractivity (Wildman–Crippen MR) is 119 cm³/mol. The standard InChI is InChI=1S/C20H22N3O5PS/c1-4-22-19(25)16-7-5-6-8-17(16)23(13-18(24)28-3)29(22,26)20(30)21-14-9-11-15(27-2)12-10-14/h5-12H,4,13H2,1-3H3,(H,21,30)/t29-/m1/s1. The fraction of sp³-hybridized carbons (Fsp3) is 0.250. The third kappa shape index (κ3) is 3.78. The molecule has 30 heavy (non-hydrogen) atoms. The number of rotatable bonds is 6. The van der Waals surface area contributed by atoms with Gasteiger partial charge in [0.1, 0.15) is 12.3 Å². The van der Waals surface area contributed by atoms with Crippen molar-refractivity contribution in [3.8, 4) is 5.75 Å². The molecule has 0 aliphatic carbocycles. The minimum atomic E-state index is -3.86. The molecule has 1 heterocycles. The van der Waals surface area contributed by atoms with E-state index in [1.54, 1.807) is 62.6 Å². The fourth-order valence-electron chi connectivity index (χ4n) is 3.21. The highest BCUT2D eigenvalue weighted by Crippen LogP contribution is 2.60. The lowest BCUT2D eigenvalue weighted by atomic mass is 10.1. The summed E-state index contributed by atoms with van der Waals surface area (Å²) in [5.74, 6) is -0.346. The van der Waals surface area contributed by atoms with Crippen LogP contribution in [0.15, 0.2) is 48.5 Å². The van der Waals surface area contributed by atoms with Gasteiger partial charge in [-0.05, 0) is 43.3 Å². The van der Waals surface area contributed by atoms with Crippen LogP contribution in [-0.4, -0.2) is 48.6 Å². The molecule has 0 saturated heterocycles. The Morgan fingerprint density at radius 1 is 1.10 bits per heavy atom. The molecule has 1 N–H and O–H groups in total. The Kier molecular flexibility index (Phi) is 6.43. The molecule has 1 atom stereocenters. The number of methoxy groups -OCH3 is 2. The van der Waals surface area contributed by atoms with Crippen LogP contribution in [0, 0.1) is 0 Å². The van der Waals surface area contributed by atoms with Crippen LogP contribution in [0.5, 0.6) is 5.75 Å². The minimum absolute atomic E-state index is 0.0544. The van der Waals surface area contributed by atoms with Gasteiger partial charge in [-0.15, -0.1) is 0 Å². The second-order valence-electron chi connectivity index (χ2n) is 6.37. The van der Waals surface area contributed by atoms with Gasteiger partial charge in [0.25, 0.3) is 5.91 Å². The van der Waals surface area contributed by atoms with Gasteiger partial charge in [-0.25, -0.2) is 0 Å². The summed E-state index contributed by atoms with van der Waals surface area (Å²) in [4.78, 5) is 25.3. The van der Waals surface area contributed by atoms with Gasteiger partial charge < -0.3 is 14.8 Å². The number of carbonyl (C=O) groups is 2. The summed E-state index contributed by atoms with van der Waals surface area (Å²) >= 11 is 5.53. The van der Waals surface area contributed by atoms with E-state index in [1.165, 1.54) is 16.5 Å². The Morgan fingerprint density at radius 2 is 1.77 bits per heavy atom. The maximum absolute atomic E-state index is 14.4. The number of thiocarbonyl (C=S) groups is 1. The second-order valence-corrected chi connectivity index (χ2v) is 9.59. The average Bonchev–Trinajstić information content (AvgIpc) is 2.77. The van der Waals surface area contributed by atoms with Crippen molar-refractivity contribution in [2.45, 2.75) is 6.92 Å². The average molecular weight is 447 g/mol. The van der Waals surface area contributed by atoms with Gasteiger partial charge in [0, 0.05) is 12.2 Å². The van der Waals surface area contributed by atoms with Crippen molar-refractivity contribution < 1.29 is 23.6 Å². The number of nitrogens with zero attached hydrogens (tertiary/aromatic N) is 2. The number of benzene rings is 2. The number of anilines is 2. The zero-order valence-corrected chi connectivity index (χ0v) is 18.5. The quantitative estimate of drug-likeness (QED) is 0.407. The Balaban J connectivity index is 2.08. The summed E-state index contributed by atoms with van der Waals surface area (Å²) in [5, 5.41) is 2.97. The number of esters is 1. The van der Waals surface area contributed by atoms with Crippen LogP contribution in [0.2, 0.25) is 0 Å². The molecule has 0 bridgehead atoms. The SMILES string of the molecule is CCN1C(=O)c2ccccc2N(CC(=O)OC)[P@@]1(=O)C(=S)Nc1ccc(OC)cc1. The molecule has 0 unspecified atom stereocenters. The second kappa shape index (κ2) is 8.85. The van der Waals surface area contributed by atoms with E-state index in [9.17, 15) is 14.2 Å². The molecule has 2 aromatic carbocycles. The summed E-state index contributed by atoms with van der Waals surface area (Å²) in [6.45, 7) is 1.54. The number of hydrogen-bond acceptors (Lipinski definition) is 6. The first-order valence-corrected chi connectivity index (χ1v) is 11.2. The lowest BCUT2D eigenvalue weighted by molar-refractivity contribution is -0.138. The van der Waals surface area contributed by atoms with Gasteiger partial charge in [-0.3, -0.25) is 23.5 Å². The fourth-order valence-corrected chi connectivity index (χ4v) is 6.41. The van der Waals surface area contributed by atoms with Crippen LogP contribution in [0.3, 0.4) is 0 Å². The lowest BCUT2D eigenvalue weighted by Gasteiger charge is -2.44. The van der Waals surface area contributed by atoms with E-state index >= 15 is 0 Å². The number of ether oxygens (including phenoxy) is 2. The van der Waals surface area contributed by atoms with Gasteiger partial charge in [-0.2, -0.15) is 0 Å². The molecule has 0 aromatic heterocycles. The highest BCUT2D eigenvalue weighted by Gasteiger charge is 2.49. The summed E-state index contributed by atoms with van der Waals surface area (Å²) < 4.78 is 26.9. The number of carbonyl (C=O) groups excluding carboxylic acids is 2. The summed E-state index contributed by atoms with van der Waals surface area (Å²) in [6, 6.07) is 13.6. The van der Waals surface area contributed by atoms with Crippen molar-refractivity contribution in [3.05, 3.63) is 54.1 Å². The van der Waals surface area contributed by atoms with Gasteiger partial charge in [0.05, 0.1) is 25.5 Å². The Hall–Kier alpha value is -2.90. The third-order valence-electron chi connectivity index (χ3n) is 4.71. The van der Waals surface area contributed by atoms with Gasteiger partial charge in [-0.1, -0.05) is 24.4 Å². The Labute approximate surface area is 180 Å². The minimum Gasteiger partial charge on any atom is -0.497 e. The maximum atomic E-state index is 14.4. The number of para-hydroxylation sites is 1. The van der Waals surface area contributed by atoms with E-state index in [2.05, 4.69) is 5.32 Å². The first kappa shape index (κ1) is 21.8. The third-order valence-corrected chi connectivity index (χ3v) is 8.30. The van der Waals surface area contributed by atoms with Crippen LogP contribution >= 0.6 is 19.7 Å². The molecular formula is C20H22N3O5PS. The van der Waals surface area contributed by atoms with Gasteiger partial charge in [0.15, 0.2) is 4.73 Å².